The van der Waals surface area contributed by atoms with Crippen LogP contribution >= 0.6 is 0 Å². The zero-order chi connectivity index (χ0) is 11.0. The van der Waals surface area contributed by atoms with Crippen LogP contribution in [0.4, 0.5) is 0 Å². The highest BCUT2D eigenvalue weighted by atomic mass is 16.2. The molecule has 0 unspecified atom stereocenters. The molecule has 0 aromatic carbocycles. The number of hydrogen-bond donors (Lipinski definition) is 0. The number of nitrogens with zero attached hydrogens (tertiary/aromatic N) is 4. The third-order valence-electron chi connectivity index (χ3n) is 2.44. The lowest BCUT2D eigenvalue weighted by atomic mass is 10.2. The number of aryl methyl sites for hydroxylation is 2. The first-order valence-corrected chi connectivity index (χ1v) is 4.66. The van der Waals surface area contributed by atoms with Crippen LogP contribution in [-0.4, -0.2) is 25.5 Å². The van der Waals surface area contributed by atoms with Crippen molar-refractivity contribution in [3.63, 3.8) is 0 Å². The molecule has 15 heavy (non-hydrogen) atoms. The number of hydrogen-bond acceptors (Lipinski definition) is 3. The molecule has 5 heteroatoms. The molecular weight excluding hydrogens is 192 g/mol. The lowest BCUT2D eigenvalue weighted by Gasteiger charge is -2.00. The van der Waals surface area contributed by atoms with E-state index < -0.39 is 0 Å². The lowest BCUT2D eigenvalue weighted by Crippen LogP contribution is -2.14. The van der Waals surface area contributed by atoms with E-state index in [-0.39, 0.29) is 5.91 Å². The number of carbonyl (C=O) groups is 1. The summed E-state index contributed by atoms with van der Waals surface area (Å²) < 4.78 is 3.02. The largest absolute Gasteiger partial charge is 0.281 e. The first kappa shape index (κ1) is 9.64. The summed E-state index contributed by atoms with van der Waals surface area (Å²) in [6.45, 7) is 3.69. The van der Waals surface area contributed by atoms with E-state index in [0.717, 1.165) is 11.4 Å². The SMILES string of the molecule is Cc1nn(C)c(C)c1C(=O)n1cccn1. The zero-order valence-corrected chi connectivity index (χ0v) is 8.93. The summed E-state index contributed by atoms with van der Waals surface area (Å²) in [5, 5.41) is 8.11. The predicted octanol–water partition coefficient (Wildman–Crippen LogP) is 0.922. The standard InChI is InChI=1S/C10H12N4O/c1-7-9(8(2)13(3)12-7)10(15)14-6-4-5-11-14/h4-6H,1-3H3. The second-order valence-electron chi connectivity index (χ2n) is 3.43. The molecular formula is C10H12N4O. The van der Waals surface area contributed by atoms with E-state index in [1.807, 2.05) is 20.9 Å². The molecule has 0 spiro atoms. The Hall–Kier alpha value is -1.91. The van der Waals surface area contributed by atoms with Crippen molar-refractivity contribution < 1.29 is 4.79 Å². The Morgan fingerprint density at radius 3 is 2.60 bits per heavy atom. The molecule has 0 saturated carbocycles. The molecule has 0 aliphatic rings. The Morgan fingerprint density at radius 1 is 1.40 bits per heavy atom. The highest BCUT2D eigenvalue weighted by Gasteiger charge is 2.18. The van der Waals surface area contributed by atoms with Crippen LogP contribution in [0.2, 0.25) is 0 Å². The summed E-state index contributed by atoms with van der Waals surface area (Å²) in [5.74, 6) is -0.136. The quantitative estimate of drug-likeness (QED) is 0.694. The number of carbonyl (C=O) groups excluding carboxylic acids is 1. The molecule has 2 aromatic rings. The van der Waals surface area contributed by atoms with E-state index in [0.29, 0.717) is 5.56 Å². The minimum Gasteiger partial charge on any atom is -0.272 e. The molecule has 0 saturated heterocycles. The molecule has 2 aromatic heterocycles. The van der Waals surface area contributed by atoms with Crippen molar-refractivity contribution in [2.24, 2.45) is 7.05 Å². The molecule has 2 heterocycles. The van der Waals surface area contributed by atoms with E-state index in [4.69, 9.17) is 0 Å². The van der Waals surface area contributed by atoms with E-state index >= 15 is 0 Å². The average molecular weight is 204 g/mol. The predicted molar refractivity (Wildman–Crippen MR) is 54.6 cm³/mol. The average Bonchev–Trinajstić information content (AvgIpc) is 2.76. The van der Waals surface area contributed by atoms with Gasteiger partial charge in [0.2, 0.25) is 0 Å². The van der Waals surface area contributed by atoms with Crippen molar-refractivity contribution in [3.05, 3.63) is 35.4 Å². The molecule has 0 fully saturated rings. The van der Waals surface area contributed by atoms with Crippen LogP contribution in [0.5, 0.6) is 0 Å². The highest BCUT2D eigenvalue weighted by Crippen LogP contribution is 2.12. The van der Waals surface area contributed by atoms with Gasteiger partial charge in [-0.25, -0.2) is 4.68 Å². The summed E-state index contributed by atoms with van der Waals surface area (Å²) in [6, 6.07) is 1.72. The van der Waals surface area contributed by atoms with Gasteiger partial charge in [0.15, 0.2) is 0 Å². The third kappa shape index (κ3) is 1.45. The summed E-state index contributed by atoms with van der Waals surface area (Å²) >= 11 is 0. The fourth-order valence-electron chi connectivity index (χ4n) is 1.59. The van der Waals surface area contributed by atoms with Gasteiger partial charge < -0.3 is 0 Å². The van der Waals surface area contributed by atoms with Crippen molar-refractivity contribution in [1.29, 1.82) is 0 Å². The Bertz CT molecular complexity index is 496. The first-order chi connectivity index (χ1) is 7.11. The third-order valence-corrected chi connectivity index (χ3v) is 2.44. The lowest BCUT2D eigenvalue weighted by molar-refractivity contribution is 0.0944. The normalized spacial score (nSPS) is 10.6. The maximum Gasteiger partial charge on any atom is 0.281 e. The fraction of sp³-hybridized carbons (Fsp3) is 0.300. The van der Waals surface area contributed by atoms with E-state index in [2.05, 4.69) is 10.2 Å². The number of aromatic nitrogens is 4. The van der Waals surface area contributed by atoms with Crippen molar-refractivity contribution in [2.45, 2.75) is 13.8 Å². The van der Waals surface area contributed by atoms with Crippen LogP contribution in [0.3, 0.4) is 0 Å². The fourth-order valence-corrected chi connectivity index (χ4v) is 1.59. The van der Waals surface area contributed by atoms with Crippen LogP contribution in [0, 0.1) is 13.8 Å². The molecule has 5 nitrogen and oxygen atoms in total. The van der Waals surface area contributed by atoms with Gasteiger partial charge in [-0.15, -0.1) is 0 Å². The minimum absolute atomic E-state index is 0.136. The van der Waals surface area contributed by atoms with Gasteiger partial charge in [0, 0.05) is 25.1 Å². The summed E-state index contributed by atoms with van der Waals surface area (Å²) in [7, 11) is 1.82. The van der Waals surface area contributed by atoms with Gasteiger partial charge in [-0.1, -0.05) is 0 Å². The van der Waals surface area contributed by atoms with Crippen LogP contribution < -0.4 is 0 Å². The van der Waals surface area contributed by atoms with Crippen molar-refractivity contribution in [3.8, 4) is 0 Å². The molecule has 0 N–H and O–H groups in total. The second kappa shape index (κ2) is 3.34. The van der Waals surface area contributed by atoms with Gasteiger partial charge in [0.05, 0.1) is 11.3 Å². The van der Waals surface area contributed by atoms with E-state index in [9.17, 15) is 4.79 Å². The Labute approximate surface area is 87.3 Å². The van der Waals surface area contributed by atoms with Gasteiger partial charge in [-0.3, -0.25) is 9.48 Å². The maximum atomic E-state index is 12.0. The molecule has 0 aliphatic heterocycles. The maximum absolute atomic E-state index is 12.0. The van der Waals surface area contributed by atoms with Crippen LogP contribution in [0.15, 0.2) is 18.5 Å². The van der Waals surface area contributed by atoms with Gasteiger partial charge in [-0.2, -0.15) is 10.2 Å². The van der Waals surface area contributed by atoms with E-state index in [1.54, 1.807) is 23.1 Å². The molecule has 0 radical (unpaired) electrons. The van der Waals surface area contributed by atoms with Gasteiger partial charge in [-0.05, 0) is 19.9 Å². The summed E-state index contributed by atoms with van der Waals surface area (Å²) in [5.41, 5.74) is 2.21. The van der Waals surface area contributed by atoms with Crippen LogP contribution in [0.1, 0.15) is 21.7 Å². The zero-order valence-electron chi connectivity index (χ0n) is 8.93. The van der Waals surface area contributed by atoms with Gasteiger partial charge in [0.1, 0.15) is 0 Å². The Morgan fingerprint density at radius 2 is 2.13 bits per heavy atom. The Kier molecular flexibility index (Phi) is 2.15. The first-order valence-electron chi connectivity index (χ1n) is 4.66. The summed E-state index contributed by atoms with van der Waals surface area (Å²) in [4.78, 5) is 12.0. The van der Waals surface area contributed by atoms with Crippen molar-refractivity contribution in [2.75, 3.05) is 0 Å². The smallest absolute Gasteiger partial charge is 0.272 e. The van der Waals surface area contributed by atoms with E-state index in [1.165, 1.54) is 4.68 Å². The summed E-state index contributed by atoms with van der Waals surface area (Å²) in [6.07, 6.45) is 3.22. The molecule has 0 amide bonds. The topological polar surface area (TPSA) is 52.7 Å². The number of rotatable bonds is 1. The van der Waals surface area contributed by atoms with Gasteiger partial charge in [0.25, 0.3) is 5.91 Å². The van der Waals surface area contributed by atoms with Crippen molar-refractivity contribution in [1.82, 2.24) is 19.6 Å². The Balaban J connectivity index is 2.51. The van der Waals surface area contributed by atoms with Gasteiger partial charge >= 0.3 is 0 Å². The van der Waals surface area contributed by atoms with Crippen LogP contribution in [0.25, 0.3) is 0 Å². The highest BCUT2D eigenvalue weighted by molar-refractivity contribution is 5.97. The molecule has 0 aliphatic carbocycles. The molecule has 0 atom stereocenters. The molecule has 0 bridgehead atoms. The minimum atomic E-state index is -0.136. The van der Waals surface area contributed by atoms with Crippen LogP contribution in [-0.2, 0) is 7.05 Å². The molecule has 2 rings (SSSR count). The monoisotopic (exact) mass is 204 g/mol. The second-order valence-corrected chi connectivity index (χ2v) is 3.43. The van der Waals surface area contributed by atoms with Crippen molar-refractivity contribution >= 4 is 5.91 Å². The molecule has 78 valence electrons.